The fraction of sp³-hybridized carbons (Fsp3) is 0.429. The summed E-state index contributed by atoms with van der Waals surface area (Å²) in [6.45, 7) is 4.76. The molecule has 19 heavy (non-hydrogen) atoms. The maximum Gasteiger partial charge on any atom is 0.295 e. The Morgan fingerprint density at radius 2 is 2.21 bits per heavy atom. The van der Waals surface area contributed by atoms with Gasteiger partial charge in [-0.25, -0.2) is 0 Å². The van der Waals surface area contributed by atoms with Crippen LogP contribution < -0.4 is 5.32 Å². The number of hydrogen-bond acceptors (Lipinski definition) is 4. The second-order valence-corrected chi connectivity index (χ2v) is 5.17. The number of rotatable bonds is 3. The molecule has 1 atom stereocenters. The van der Waals surface area contributed by atoms with Gasteiger partial charge < -0.3 is 14.6 Å². The molecular formula is C14H17N3O2. The van der Waals surface area contributed by atoms with Crippen molar-refractivity contribution >= 4 is 23.0 Å². The van der Waals surface area contributed by atoms with Gasteiger partial charge in [0.15, 0.2) is 5.58 Å². The Hall–Kier alpha value is -2.04. The van der Waals surface area contributed by atoms with Crippen molar-refractivity contribution in [1.29, 1.82) is 0 Å². The molecule has 1 aromatic carbocycles. The molecule has 5 heteroatoms. The van der Waals surface area contributed by atoms with Crippen LogP contribution in [0.1, 0.15) is 20.3 Å². The number of carbonyl (C=O) groups excluding carboxylic acids is 1. The predicted octanol–water partition coefficient (Wildman–Crippen LogP) is 2.25. The van der Waals surface area contributed by atoms with Crippen LogP contribution in [0.3, 0.4) is 0 Å². The normalized spacial score (nSPS) is 19.6. The third-order valence-electron chi connectivity index (χ3n) is 3.40. The quantitative estimate of drug-likeness (QED) is 0.918. The van der Waals surface area contributed by atoms with Gasteiger partial charge in [0.25, 0.3) is 6.01 Å². The van der Waals surface area contributed by atoms with Crippen molar-refractivity contribution in [3.8, 4) is 0 Å². The minimum atomic E-state index is 0.0722. The van der Waals surface area contributed by atoms with Gasteiger partial charge in [-0.05, 0) is 26.0 Å². The maximum absolute atomic E-state index is 11.8. The number of hydrogen-bond donors (Lipinski definition) is 1. The highest BCUT2D eigenvalue weighted by molar-refractivity contribution is 5.80. The van der Waals surface area contributed by atoms with E-state index >= 15 is 0 Å². The highest BCUT2D eigenvalue weighted by Gasteiger charge is 2.31. The number of fused-ring (bicyclic) bond motifs is 1. The van der Waals surface area contributed by atoms with Crippen LogP contribution in [-0.4, -0.2) is 34.4 Å². The molecule has 0 saturated carbocycles. The topological polar surface area (TPSA) is 58.4 Å². The van der Waals surface area contributed by atoms with E-state index in [4.69, 9.17) is 4.42 Å². The molecule has 3 rings (SSSR count). The lowest BCUT2D eigenvalue weighted by Crippen LogP contribution is -2.33. The predicted molar refractivity (Wildman–Crippen MR) is 72.9 cm³/mol. The molecule has 0 unspecified atom stereocenters. The number of aromatic nitrogens is 1. The van der Waals surface area contributed by atoms with Gasteiger partial charge in [0.05, 0.1) is 6.04 Å². The number of nitrogens with one attached hydrogen (secondary N) is 1. The van der Waals surface area contributed by atoms with Crippen molar-refractivity contribution in [3.63, 3.8) is 0 Å². The third-order valence-corrected chi connectivity index (χ3v) is 3.40. The van der Waals surface area contributed by atoms with Gasteiger partial charge >= 0.3 is 0 Å². The van der Waals surface area contributed by atoms with E-state index in [2.05, 4.69) is 10.3 Å². The van der Waals surface area contributed by atoms with Crippen molar-refractivity contribution in [1.82, 2.24) is 9.88 Å². The number of carbonyl (C=O) groups is 1. The molecule has 5 nitrogen and oxygen atoms in total. The van der Waals surface area contributed by atoms with E-state index in [1.54, 1.807) is 0 Å². The van der Waals surface area contributed by atoms with Crippen molar-refractivity contribution in [2.24, 2.45) is 0 Å². The fourth-order valence-electron chi connectivity index (χ4n) is 2.44. The minimum Gasteiger partial charge on any atom is -0.424 e. The summed E-state index contributed by atoms with van der Waals surface area (Å²) in [4.78, 5) is 18.1. The standard InChI is InChI=1S/C14H17N3O2/c1-9(2)17-8-10(7-13(17)18)15-14-16-11-5-3-4-6-12(11)19-14/h3-6,9-10H,7-8H2,1-2H3,(H,15,16)/t10-/m0/s1. The first-order chi connectivity index (χ1) is 9.13. The molecule has 2 heterocycles. The summed E-state index contributed by atoms with van der Waals surface area (Å²) in [6, 6.07) is 8.43. The molecule has 1 saturated heterocycles. The Bertz CT molecular complexity index is 573. The minimum absolute atomic E-state index is 0.0722. The number of para-hydroxylation sites is 2. The Morgan fingerprint density at radius 1 is 1.42 bits per heavy atom. The van der Waals surface area contributed by atoms with Gasteiger partial charge in [-0.1, -0.05) is 12.1 Å². The van der Waals surface area contributed by atoms with Gasteiger partial charge in [-0.2, -0.15) is 4.98 Å². The van der Waals surface area contributed by atoms with Crippen LogP contribution in [0.15, 0.2) is 28.7 Å². The average molecular weight is 259 g/mol. The van der Waals surface area contributed by atoms with Crippen LogP contribution >= 0.6 is 0 Å². The van der Waals surface area contributed by atoms with Crippen LogP contribution in [0.5, 0.6) is 0 Å². The summed E-state index contributed by atoms with van der Waals surface area (Å²) in [6.07, 6.45) is 0.497. The van der Waals surface area contributed by atoms with E-state index in [0.29, 0.717) is 19.0 Å². The van der Waals surface area contributed by atoms with E-state index in [1.165, 1.54) is 0 Å². The molecule has 0 radical (unpaired) electrons. The smallest absolute Gasteiger partial charge is 0.295 e. The first-order valence-electron chi connectivity index (χ1n) is 6.55. The molecule has 0 bridgehead atoms. The lowest BCUT2D eigenvalue weighted by atomic mass is 10.3. The van der Waals surface area contributed by atoms with Crippen LogP contribution in [0.25, 0.3) is 11.1 Å². The van der Waals surface area contributed by atoms with Gasteiger partial charge in [-0.3, -0.25) is 4.79 Å². The molecule has 0 aliphatic carbocycles. The van der Waals surface area contributed by atoms with E-state index in [-0.39, 0.29) is 18.0 Å². The first-order valence-corrected chi connectivity index (χ1v) is 6.55. The number of amides is 1. The van der Waals surface area contributed by atoms with Crippen molar-refractivity contribution in [2.75, 3.05) is 11.9 Å². The third kappa shape index (κ3) is 2.28. The monoisotopic (exact) mass is 259 g/mol. The van der Waals surface area contributed by atoms with E-state index in [0.717, 1.165) is 11.1 Å². The number of anilines is 1. The number of benzene rings is 1. The van der Waals surface area contributed by atoms with Crippen molar-refractivity contribution in [3.05, 3.63) is 24.3 Å². The first kappa shape index (κ1) is 12.0. The summed E-state index contributed by atoms with van der Waals surface area (Å²) >= 11 is 0. The van der Waals surface area contributed by atoms with E-state index in [9.17, 15) is 4.79 Å². The Kier molecular flexibility index (Phi) is 2.89. The van der Waals surface area contributed by atoms with Gasteiger partial charge in [0, 0.05) is 19.0 Å². The molecule has 1 N–H and O–H groups in total. The molecule has 1 fully saturated rings. The molecular weight excluding hydrogens is 242 g/mol. The molecule has 0 spiro atoms. The van der Waals surface area contributed by atoms with Gasteiger partial charge in [0.1, 0.15) is 5.52 Å². The van der Waals surface area contributed by atoms with Crippen LogP contribution in [0.2, 0.25) is 0 Å². The largest absolute Gasteiger partial charge is 0.424 e. The zero-order chi connectivity index (χ0) is 13.4. The second kappa shape index (κ2) is 4.57. The zero-order valence-electron chi connectivity index (χ0n) is 11.1. The van der Waals surface area contributed by atoms with Gasteiger partial charge in [0.2, 0.25) is 5.91 Å². The summed E-state index contributed by atoms with van der Waals surface area (Å²) in [7, 11) is 0. The molecule has 1 amide bonds. The molecule has 1 aliphatic rings. The Morgan fingerprint density at radius 3 is 2.89 bits per heavy atom. The fourth-order valence-corrected chi connectivity index (χ4v) is 2.44. The van der Waals surface area contributed by atoms with E-state index < -0.39 is 0 Å². The molecule has 1 aromatic heterocycles. The summed E-state index contributed by atoms with van der Waals surface area (Å²) < 4.78 is 5.61. The van der Waals surface area contributed by atoms with Crippen LogP contribution in [0.4, 0.5) is 6.01 Å². The summed E-state index contributed by atoms with van der Waals surface area (Å²) in [5.74, 6) is 0.184. The zero-order valence-corrected chi connectivity index (χ0v) is 11.1. The highest BCUT2D eigenvalue weighted by atomic mass is 16.4. The molecule has 100 valence electrons. The highest BCUT2D eigenvalue weighted by Crippen LogP contribution is 2.22. The Labute approximate surface area is 111 Å². The average Bonchev–Trinajstić information content (AvgIpc) is 2.92. The number of oxazole rings is 1. The van der Waals surface area contributed by atoms with E-state index in [1.807, 2.05) is 43.0 Å². The Balaban J connectivity index is 1.74. The SMILES string of the molecule is CC(C)N1C[C@@H](Nc2nc3ccccc3o2)CC1=O. The van der Waals surface area contributed by atoms with Crippen molar-refractivity contribution in [2.45, 2.75) is 32.4 Å². The number of nitrogens with zero attached hydrogens (tertiary/aromatic N) is 2. The second-order valence-electron chi connectivity index (χ2n) is 5.17. The van der Waals surface area contributed by atoms with Crippen LogP contribution in [-0.2, 0) is 4.79 Å². The number of likely N-dealkylation sites (tertiary alicyclic amines) is 1. The maximum atomic E-state index is 11.8. The van der Waals surface area contributed by atoms with Crippen molar-refractivity contribution < 1.29 is 9.21 Å². The molecule has 2 aromatic rings. The summed E-state index contributed by atoms with van der Waals surface area (Å²) in [5, 5.41) is 3.21. The van der Waals surface area contributed by atoms with Crippen LogP contribution in [0, 0.1) is 0 Å². The summed E-state index contributed by atoms with van der Waals surface area (Å²) in [5.41, 5.74) is 1.59. The lowest BCUT2D eigenvalue weighted by molar-refractivity contribution is -0.129. The molecule has 1 aliphatic heterocycles. The lowest BCUT2D eigenvalue weighted by Gasteiger charge is -2.20. The van der Waals surface area contributed by atoms with Gasteiger partial charge in [-0.15, -0.1) is 0 Å².